The van der Waals surface area contributed by atoms with Crippen molar-refractivity contribution in [3.8, 4) is 11.5 Å². The summed E-state index contributed by atoms with van der Waals surface area (Å²) in [6.07, 6.45) is 3.22. The summed E-state index contributed by atoms with van der Waals surface area (Å²) in [7, 11) is 0. The van der Waals surface area contributed by atoms with Gasteiger partial charge < -0.3 is 15.4 Å². The summed E-state index contributed by atoms with van der Waals surface area (Å²) in [6, 6.07) is 14.5. The molecule has 0 radical (unpaired) electrons. The first-order valence-corrected chi connectivity index (χ1v) is 10.5. The van der Waals surface area contributed by atoms with Gasteiger partial charge in [-0.15, -0.1) is 0 Å². The van der Waals surface area contributed by atoms with E-state index in [0.717, 1.165) is 0 Å². The number of ether oxygens (including phenoxy) is 1. The molecule has 0 aliphatic heterocycles. The quantitative estimate of drug-likeness (QED) is 0.297. The van der Waals surface area contributed by atoms with Crippen LogP contribution in [0.4, 0.5) is 16.2 Å². The van der Waals surface area contributed by atoms with Crippen LogP contribution in [0.15, 0.2) is 73.4 Å². The summed E-state index contributed by atoms with van der Waals surface area (Å²) in [4.78, 5) is 39.8. The van der Waals surface area contributed by atoms with Crippen LogP contribution < -0.4 is 15.4 Å². The number of nitrogens with one attached hydrogen (secondary N) is 2. The number of benzene rings is 2. The molecule has 0 aliphatic rings. The zero-order chi connectivity index (χ0) is 23.8. The van der Waals surface area contributed by atoms with E-state index in [0.29, 0.717) is 45.6 Å². The minimum absolute atomic E-state index is 0.0638. The highest BCUT2D eigenvalue weighted by atomic mass is 35.5. The molecule has 0 aliphatic carbocycles. The SMILES string of the molecule is C=CC(=O)Cc1cc(NC(=O)Nc2ccc(Oc3ccnc(C(=O)CC)c3)cc2)ccc1Cl. The molecule has 8 heteroatoms. The Kier molecular flexibility index (Phi) is 7.94. The van der Waals surface area contributed by atoms with Crippen LogP contribution in [0.1, 0.15) is 29.4 Å². The Morgan fingerprint density at radius 3 is 2.39 bits per heavy atom. The summed E-state index contributed by atoms with van der Waals surface area (Å²) >= 11 is 6.12. The van der Waals surface area contributed by atoms with Crippen LogP contribution >= 0.6 is 11.6 Å². The Labute approximate surface area is 196 Å². The van der Waals surface area contributed by atoms with Crippen molar-refractivity contribution >= 4 is 40.6 Å². The largest absolute Gasteiger partial charge is 0.457 e. The van der Waals surface area contributed by atoms with Crippen molar-refractivity contribution in [2.75, 3.05) is 10.6 Å². The number of pyridine rings is 1. The fourth-order valence-electron chi connectivity index (χ4n) is 2.89. The maximum atomic E-state index is 12.4. The number of nitrogens with zero attached hydrogens (tertiary/aromatic N) is 1. The second-order valence-corrected chi connectivity index (χ2v) is 7.42. The molecule has 168 valence electrons. The third-order valence-electron chi connectivity index (χ3n) is 4.58. The number of ketones is 2. The Morgan fingerprint density at radius 2 is 1.70 bits per heavy atom. The lowest BCUT2D eigenvalue weighted by molar-refractivity contribution is -0.114. The van der Waals surface area contributed by atoms with Crippen LogP contribution in [-0.4, -0.2) is 22.6 Å². The molecule has 7 nitrogen and oxygen atoms in total. The number of hydrogen-bond acceptors (Lipinski definition) is 5. The van der Waals surface area contributed by atoms with Crippen LogP contribution in [0.5, 0.6) is 11.5 Å². The van der Waals surface area contributed by atoms with E-state index in [2.05, 4.69) is 22.2 Å². The Bertz CT molecular complexity index is 1190. The zero-order valence-corrected chi connectivity index (χ0v) is 18.7. The van der Waals surface area contributed by atoms with Crippen molar-refractivity contribution in [2.45, 2.75) is 19.8 Å². The molecular formula is C25H22ClN3O4. The number of anilines is 2. The van der Waals surface area contributed by atoms with Gasteiger partial charge in [0.25, 0.3) is 0 Å². The highest BCUT2D eigenvalue weighted by molar-refractivity contribution is 6.31. The summed E-state index contributed by atoms with van der Waals surface area (Å²) in [5, 5.41) is 5.87. The average molecular weight is 464 g/mol. The molecule has 1 aromatic heterocycles. The molecule has 3 aromatic rings. The Balaban J connectivity index is 1.60. The normalized spacial score (nSPS) is 10.2. The summed E-state index contributed by atoms with van der Waals surface area (Å²) in [5.74, 6) is 0.803. The van der Waals surface area contributed by atoms with E-state index < -0.39 is 6.03 Å². The molecule has 0 spiro atoms. The lowest BCUT2D eigenvalue weighted by atomic mass is 10.1. The lowest BCUT2D eigenvalue weighted by Gasteiger charge is -2.11. The van der Waals surface area contributed by atoms with Crippen molar-refractivity contribution < 1.29 is 19.1 Å². The van der Waals surface area contributed by atoms with E-state index >= 15 is 0 Å². The smallest absolute Gasteiger partial charge is 0.323 e. The predicted molar refractivity (Wildman–Crippen MR) is 128 cm³/mol. The maximum absolute atomic E-state index is 12.4. The van der Waals surface area contributed by atoms with Crippen molar-refractivity contribution in [3.05, 3.63) is 89.7 Å². The van der Waals surface area contributed by atoms with Crippen LogP contribution in [0.3, 0.4) is 0 Å². The van der Waals surface area contributed by atoms with Crippen molar-refractivity contribution in [3.63, 3.8) is 0 Å². The zero-order valence-electron chi connectivity index (χ0n) is 17.9. The van der Waals surface area contributed by atoms with E-state index in [-0.39, 0.29) is 18.0 Å². The number of Topliss-reactive ketones (excluding diaryl/α,β-unsaturated/α-hetero) is 1. The number of amides is 2. The van der Waals surface area contributed by atoms with Gasteiger partial charge in [-0.05, 0) is 60.2 Å². The molecular weight excluding hydrogens is 442 g/mol. The highest BCUT2D eigenvalue weighted by Gasteiger charge is 2.09. The minimum Gasteiger partial charge on any atom is -0.457 e. The van der Waals surface area contributed by atoms with E-state index in [1.165, 1.54) is 12.3 Å². The van der Waals surface area contributed by atoms with E-state index in [1.807, 2.05) is 0 Å². The highest BCUT2D eigenvalue weighted by Crippen LogP contribution is 2.24. The number of carbonyl (C=O) groups is 3. The molecule has 1 heterocycles. The third-order valence-corrected chi connectivity index (χ3v) is 4.95. The number of carbonyl (C=O) groups excluding carboxylic acids is 3. The summed E-state index contributed by atoms with van der Waals surface area (Å²) in [6.45, 7) is 5.22. The lowest BCUT2D eigenvalue weighted by Crippen LogP contribution is -2.19. The fourth-order valence-corrected chi connectivity index (χ4v) is 3.08. The number of urea groups is 1. The topological polar surface area (TPSA) is 97.4 Å². The molecule has 0 unspecified atom stereocenters. The standard InChI is InChI=1S/C25H22ClN3O4/c1-3-19(30)14-16-13-18(7-10-22(16)26)29-25(32)28-17-5-8-20(9-6-17)33-21-11-12-27-23(15-21)24(31)4-2/h3,5-13,15H,1,4,14H2,2H3,(H2,28,29,32). The molecule has 2 aromatic carbocycles. The Morgan fingerprint density at radius 1 is 1.00 bits per heavy atom. The van der Waals surface area contributed by atoms with Gasteiger partial charge in [0.05, 0.1) is 0 Å². The molecule has 2 N–H and O–H groups in total. The van der Waals surface area contributed by atoms with E-state index in [9.17, 15) is 14.4 Å². The van der Waals surface area contributed by atoms with E-state index in [4.69, 9.17) is 16.3 Å². The second-order valence-electron chi connectivity index (χ2n) is 7.01. The minimum atomic E-state index is -0.455. The van der Waals surface area contributed by atoms with Gasteiger partial charge in [0.2, 0.25) is 0 Å². The second kappa shape index (κ2) is 11.1. The molecule has 3 rings (SSSR count). The van der Waals surface area contributed by atoms with Crippen molar-refractivity contribution in [2.24, 2.45) is 0 Å². The molecule has 0 fully saturated rings. The first kappa shape index (κ1) is 23.7. The number of hydrogen-bond donors (Lipinski definition) is 2. The van der Waals surface area contributed by atoms with Crippen LogP contribution in [0, 0.1) is 0 Å². The van der Waals surface area contributed by atoms with E-state index in [1.54, 1.807) is 61.5 Å². The number of aromatic nitrogens is 1. The molecule has 0 saturated carbocycles. The van der Waals surface area contributed by atoms with Gasteiger partial charge in [0.15, 0.2) is 11.6 Å². The molecule has 2 amide bonds. The monoisotopic (exact) mass is 463 g/mol. The Hall–Kier alpha value is -3.97. The van der Waals surface area contributed by atoms with Gasteiger partial charge in [-0.3, -0.25) is 14.6 Å². The van der Waals surface area contributed by atoms with Gasteiger partial charge in [-0.2, -0.15) is 0 Å². The molecule has 0 saturated heterocycles. The van der Waals surface area contributed by atoms with Crippen LogP contribution in [-0.2, 0) is 11.2 Å². The molecule has 0 bridgehead atoms. The van der Waals surface area contributed by atoms with Gasteiger partial charge in [-0.1, -0.05) is 25.1 Å². The molecule has 0 atom stereocenters. The third kappa shape index (κ3) is 6.75. The summed E-state index contributed by atoms with van der Waals surface area (Å²) < 4.78 is 5.77. The molecule has 33 heavy (non-hydrogen) atoms. The number of rotatable bonds is 9. The first-order valence-electron chi connectivity index (χ1n) is 10.2. The fraction of sp³-hybridized carbons (Fsp3) is 0.120. The first-order chi connectivity index (χ1) is 15.9. The predicted octanol–water partition coefficient (Wildman–Crippen LogP) is 6.06. The average Bonchev–Trinajstić information content (AvgIpc) is 2.82. The van der Waals surface area contributed by atoms with Crippen molar-refractivity contribution in [1.29, 1.82) is 0 Å². The summed E-state index contributed by atoms with van der Waals surface area (Å²) in [5.41, 5.74) is 2.00. The van der Waals surface area contributed by atoms with Gasteiger partial charge in [0.1, 0.15) is 17.2 Å². The number of halogens is 1. The number of allylic oxidation sites excluding steroid dienone is 1. The van der Waals surface area contributed by atoms with Gasteiger partial charge >= 0.3 is 6.03 Å². The maximum Gasteiger partial charge on any atom is 0.323 e. The van der Waals surface area contributed by atoms with Gasteiger partial charge in [-0.25, -0.2) is 4.79 Å². The van der Waals surface area contributed by atoms with Crippen molar-refractivity contribution in [1.82, 2.24) is 4.98 Å². The van der Waals surface area contributed by atoms with Crippen LogP contribution in [0.25, 0.3) is 0 Å². The van der Waals surface area contributed by atoms with Crippen LogP contribution in [0.2, 0.25) is 5.02 Å². The van der Waals surface area contributed by atoms with Gasteiger partial charge in [0, 0.05) is 41.5 Å².